The van der Waals surface area contributed by atoms with Gasteiger partial charge >= 0.3 is 0 Å². The molecule has 0 aliphatic carbocycles. The van der Waals surface area contributed by atoms with Gasteiger partial charge in [0, 0.05) is 0 Å². The Balaban J connectivity index is 2.22. The van der Waals surface area contributed by atoms with Crippen LogP contribution in [-0.2, 0) is 0 Å². The van der Waals surface area contributed by atoms with E-state index in [2.05, 4.69) is 54.6 Å². The van der Waals surface area contributed by atoms with Crippen molar-refractivity contribution in [2.45, 2.75) is 0 Å². The standard InChI is InChI=1S/C18H11B/c19-16-7-8-17-15(10-16)6-5-14-9-12-3-1-2-4-13(12)11-18(14)17/h1-11H. The van der Waals surface area contributed by atoms with Gasteiger partial charge in [0.2, 0.25) is 0 Å². The molecule has 4 aromatic carbocycles. The minimum atomic E-state index is 0.813. The zero-order chi connectivity index (χ0) is 12.8. The van der Waals surface area contributed by atoms with Crippen molar-refractivity contribution in [2.75, 3.05) is 0 Å². The summed E-state index contributed by atoms with van der Waals surface area (Å²) in [6.45, 7) is 0. The highest BCUT2D eigenvalue weighted by Gasteiger charge is 2.02. The van der Waals surface area contributed by atoms with E-state index in [1.165, 1.54) is 32.3 Å². The number of rotatable bonds is 0. The molecule has 0 fully saturated rings. The Morgan fingerprint density at radius 1 is 0.526 bits per heavy atom. The van der Waals surface area contributed by atoms with Gasteiger partial charge in [0.05, 0.1) is 0 Å². The van der Waals surface area contributed by atoms with Gasteiger partial charge in [0.25, 0.3) is 0 Å². The lowest BCUT2D eigenvalue weighted by molar-refractivity contribution is 1.79. The second-order valence-electron chi connectivity index (χ2n) is 4.97. The van der Waals surface area contributed by atoms with E-state index in [-0.39, 0.29) is 0 Å². The molecule has 0 spiro atoms. The summed E-state index contributed by atoms with van der Waals surface area (Å²) in [6.07, 6.45) is 0. The number of hydrogen-bond donors (Lipinski definition) is 0. The Bertz CT molecular complexity index is 922. The molecule has 19 heavy (non-hydrogen) atoms. The van der Waals surface area contributed by atoms with Crippen molar-refractivity contribution in [3.8, 4) is 0 Å². The molecule has 0 bridgehead atoms. The third kappa shape index (κ3) is 1.62. The first-order chi connectivity index (χ1) is 9.31. The molecule has 0 atom stereocenters. The first-order valence-electron chi connectivity index (χ1n) is 6.42. The highest BCUT2D eigenvalue weighted by Crippen LogP contribution is 2.28. The van der Waals surface area contributed by atoms with Crippen molar-refractivity contribution in [1.29, 1.82) is 0 Å². The Kier molecular flexibility index (Phi) is 2.16. The third-order valence-electron chi connectivity index (χ3n) is 3.73. The van der Waals surface area contributed by atoms with Crippen LogP contribution in [0.15, 0.2) is 66.7 Å². The molecule has 0 amide bonds. The van der Waals surface area contributed by atoms with Crippen LogP contribution in [0.25, 0.3) is 32.3 Å². The van der Waals surface area contributed by atoms with Crippen LogP contribution >= 0.6 is 0 Å². The monoisotopic (exact) mass is 238 g/mol. The zero-order valence-corrected chi connectivity index (χ0v) is 10.4. The molecule has 4 rings (SSSR count). The van der Waals surface area contributed by atoms with E-state index in [0.717, 1.165) is 5.46 Å². The van der Waals surface area contributed by atoms with E-state index in [4.69, 9.17) is 7.85 Å². The van der Waals surface area contributed by atoms with Gasteiger partial charge in [-0.1, -0.05) is 60.1 Å². The van der Waals surface area contributed by atoms with Crippen LogP contribution in [0.4, 0.5) is 0 Å². The van der Waals surface area contributed by atoms with Crippen molar-refractivity contribution in [3.05, 3.63) is 66.7 Å². The molecule has 0 N–H and O–H groups in total. The van der Waals surface area contributed by atoms with Gasteiger partial charge in [0.1, 0.15) is 7.85 Å². The largest absolute Gasteiger partial charge is 0.113 e. The van der Waals surface area contributed by atoms with Gasteiger partial charge in [-0.05, 0) is 44.5 Å². The predicted octanol–water partition coefficient (Wildman–Crippen LogP) is 3.94. The fraction of sp³-hybridized carbons (Fsp3) is 0. The van der Waals surface area contributed by atoms with Crippen LogP contribution in [0.2, 0.25) is 0 Å². The SMILES string of the molecule is [B]c1ccc2c(ccc3cc4ccccc4cc32)c1. The third-order valence-corrected chi connectivity index (χ3v) is 3.73. The summed E-state index contributed by atoms with van der Waals surface area (Å²) in [5.41, 5.74) is 0.813. The van der Waals surface area contributed by atoms with Crippen LogP contribution in [0.1, 0.15) is 0 Å². The van der Waals surface area contributed by atoms with Gasteiger partial charge < -0.3 is 0 Å². The zero-order valence-electron chi connectivity index (χ0n) is 10.4. The number of benzene rings is 4. The first kappa shape index (κ1) is 10.6. The summed E-state index contributed by atoms with van der Waals surface area (Å²) in [5.74, 6) is 0. The Morgan fingerprint density at radius 2 is 1.21 bits per heavy atom. The van der Waals surface area contributed by atoms with E-state index in [0.29, 0.717) is 0 Å². The lowest BCUT2D eigenvalue weighted by atomic mass is 9.91. The average Bonchev–Trinajstić information content (AvgIpc) is 2.44. The lowest BCUT2D eigenvalue weighted by Gasteiger charge is -2.07. The molecule has 0 saturated heterocycles. The van der Waals surface area contributed by atoms with Crippen molar-refractivity contribution in [2.24, 2.45) is 0 Å². The van der Waals surface area contributed by atoms with Crippen molar-refractivity contribution in [3.63, 3.8) is 0 Å². The fourth-order valence-corrected chi connectivity index (χ4v) is 2.77. The predicted molar refractivity (Wildman–Crippen MR) is 84.3 cm³/mol. The molecule has 0 nitrogen and oxygen atoms in total. The fourth-order valence-electron chi connectivity index (χ4n) is 2.77. The van der Waals surface area contributed by atoms with Gasteiger partial charge in [0.15, 0.2) is 0 Å². The highest BCUT2D eigenvalue weighted by molar-refractivity contribution is 6.33. The topological polar surface area (TPSA) is 0 Å². The molecular formula is C18H11B. The smallest absolute Gasteiger partial charge is 0.0960 e. The van der Waals surface area contributed by atoms with Crippen LogP contribution in [0, 0.1) is 0 Å². The molecule has 0 aliphatic heterocycles. The normalized spacial score (nSPS) is 11.4. The van der Waals surface area contributed by atoms with E-state index in [9.17, 15) is 0 Å². The summed E-state index contributed by atoms with van der Waals surface area (Å²) in [7, 11) is 5.86. The molecule has 86 valence electrons. The van der Waals surface area contributed by atoms with Gasteiger partial charge in [-0.2, -0.15) is 0 Å². The van der Waals surface area contributed by atoms with E-state index in [1.807, 2.05) is 12.1 Å². The van der Waals surface area contributed by atoms with Gasteiger partial charge in [-0.15, -0.1) is 0 Å². The molecule has 0 heterocycles. The summed E-state index contributed by atoms with van der Waals surface area (Å²) >= 11 is 0. The maximum atomic E-state index is 5.86. The van der Waals surface area contributed by atoms with Crippen LogP contribution in [-0.4, -0.2) is 7.85 Å². The minimum absolute atomic E-state index is 0.813. The molecule has 4 aromatic rings. The van der Waals surface area contributed by atoms with Crippen LogP contribution in [0.5, 0.6) is 0 Å². The van der Waals surface area contributed by atoms with Gasteiger partial charge in [-0.25, -0.2) is 0 Å². The number of fused-ring (bicyclic) bond motifs is 4. The maximum absolute atomic E-state index is 5.86. The van der Waals surface area contributed by atoms with Crippen LogP contribution in [0.3, 0.4) is 0 Å². The second-order valence-corrected chi connectivity index (χ2v) is 4.97. The Hall–Kier alpha value is -2.28. The highest BCUT2D eigenvalue weighted by atomic mass is 14.1. The van der Waals surface area contributed by atoms with Crippen molar-refractivity contribution < 1.29 is 0 Å². The minimum Gasteiger partial charge on any atom is -0.0960 e. The lowest BCUT2D eigenvalue weighted by Crippen LogP contribution is -1.99. The van der Waals surface area contributed by atoms with Crippen molar-refractivity contribution >= 4 is 45.6 Å². The van der Waals surface area contributed by atoms with Gasteiger partial charge in [-0.3, -0.25) is 0 Å². The molecule has 0 aliphatic rings. The number of hydrogen-bond acceptors (Lipinski definition) is 0. The van der Waals surface area contributed by atoms with Crippen LogP contribution < -0.4 is 5.46 Å². The molecule has 0 unspecified atom stereocenters. The summed E-state index contributed by atoms with van der Waals surface area (Å²) in [4.78, 5) is 0. The summed E-state index contributed by atoms with van der Waals surface area (Å²) in [6, 6.07) is 23.4. The average molecular weight is 238 g/mol. The quantitative estimate of drug-likeness (QED) is 0.247. The molecule has 0 saturated carbocycles. The van der Waals surface area contributed by atoms with Crippen molar-refractivity contribution in [1.82, 2.24) is 0 Å². The summed E-state index contributed by atoms with van der Waals surface area (Å²) < 4.78 is 0. The molecule has 1 heteroatoms. The molecule has 0 aromatic heterocycles. The second kappa shape index (κ2) is 3.86. The molecule has 2 radical (unpaired) electrons. The van der Waals surface area contributed by atoms with E-state index in [1.54, 1.807) is 0 Å². The summed E-state index contributed by atoms with van der Waals surface area (Å²) in [5, 5.41) is 7.58. The molecular weight excluding hydrogens is 227 g/mol. The van der Waals surface area contributed by atoms with E-state index < -0.39 is 0 Å². The Labute approximate surface area is 113 Å². The van der Waals surface area contributed by atoms with E-state index >= 15 is 0 Å². The first-order valence-corrected chi connectivity index (χ1v) is 6.42. The Morgan fingerprint density at radius 3 is 2.00 bits per heavy atom. The maximum Gasteiger partial charge on any atom is 0.113 e.